The summed E-state index contributed by atoms with van der Waals surface area (Å²) in [6.45, 7) is 5.48. The molecular formula is C13H30Cl2N2. The summed E-state index contributed by atoms with van der Waals surface area (Å²) in [7, 11) is 4.75. The van der Waals surface area contributed by atoms with Crippen molar-refractivity contribution in [1.82, 2.24) is 0 Å². The van der Waals surface area contributed by atoms with Crippen LogP contribution in [-0.2, 0) is 0 Å². The molecule has 0 saturated heterocycles. The van der Waals surface area contributed by atoms with Crippen LogP contribution in [0.1, 0.15) is 52.4 Å². The van der Waals surface area contributed by atoms with Gasteiger partial charge in [0, 0.05) is 12.0 Å². The summed E-state index contributed by atoms with van der Waals surface area (Å²) >= 11 is 0. The Morgan fingerprint density at radius 1 is 1.12 bits per heavy atom. The average molecular weight is 285 g/mol. The minimum Gasteiger partial charge on any atom is -1.00 e. The summed E-state index contributed by atoms with van der Waals surface area (Å²) in [5, 5.41) is 0. The zero-order valence-corrected chi connectivity index (χ0v) is 13.4. The van der Waals surface area contributed by atoms with Gasteiger partial charge in [-0.1, -0.05) is 6.42 Å². The Balaban J connectivity index is 0. The van der Waals surface area contributed by atoms with Gasteiger partial charge in [0.2, 0.25) is 0 Å². The third-order valence-electron chi connectivity index (χ3n) is 3.90. The fourth-order valence-corrected chi connectivity index (χ4v) is 2.54. The maximum absolute atomic E-state index is 6.06. The van der Waals surface area contributed by atoms with Crippen molar-refractivity contribution in [3.8, 4) is 0 Å². The van der Waals surface area contributed by atoms with E-state index in [1.165, 1.54) is 43.1 Å². The van der Waals surface area contributed by atoms with Crippen LogP contribution in [0.2, 0.25) is 0 Å². The highest BCUT2D eigenvalue weighted by atomic mass is 35.5. The number of nitrogens with zero attached hydrogens (tertiary/aromatic N) is 1. The topological polar surface area (TPSA) is 26.0 Å². The second-order valence-electron chi connectivity index (χ2n) is 6.53. The van der Waals surface area contributed by atoms with E-state index in [1.807, 2.05) is 0 Å². The van der Waals surface area contributed by atoms with Crippen molar-refractivity contribution in [3.63, 3.8) is 0 Å². The first-order valence-electron chi connectivity index (χ1n) is 6.43. The Morgan fingerprint density at radius 3 is 2.00 bits per heavy atom. The van der Waals surface area contributed by atoms with Crippen molar-refractivity contribution < 1.29 is 16.9 Å². The lowest BCUT2D eigenvalue weighted by Gasteiger charge is -2.41. The molecular weight excluding hydrogens is 255 g/mol. The molecule has 1 aliphatic carbocycles. The summed E-state index contributed by atoms with van der Waals surface area (Å²) < 4.78 is 1.17. The van der Waals surface area contributed by atoms with E-state index in [0.29, 0.717) is 0 Å². The molecule has 0 aromatic rings. The lowest BCUT2D eigenvalue weighted by Crippen LogP contribution is -3.00. The highest BCUT2D eigenvalue weighted by molar-refractivity contribution is 5.85. The minimum atomic E-state index is -0.00974. The zero-order valence-electron chi connectivity index (χ0n) is 11.8. The van der Waals surface area contributed by atoms with Gasteiger partial charge >= 0.3 is 0 Å². The molecule has 0 aromatic heterocycles. The van der Waals surface area contributed by atoms with E-state index in [2.05, 4.69) is 27.9 Å². The predicted molar refractivity (Wildman–Crippen MR) is 74.0 cm³/mol. The standard InChI is InChI=1S/C13H29N2.2ClH/c1-13(2,14)10-11-15(3,4)12-8-6-5-7-9-12;;/h12H,5-11,14H2,1-4H3;2*1H/q+1;;/p-1. The molecule has 0 bridgehead atoms. The van der Waals surface area contributed by atoms with E-state index in [1.54, 1.807) is 0 Å². The molecule has 4 heteroatoms. The van der Waals surface area contributed by atoms with Crippen LogP contribution >= 0.6 is 12.4 Å². The summed E-state index contributed by atoms with van der Waals surface area (Å²) in [4.78, 5) is 0. The van der Waals surface area contributed by atoms with Gasteiger partial charge in [-0.05, 0) is 39.5 Å². The average Bonchev–Trinajstić information content (AvgIpc) is 2.16. The SMILES string of the molecule is CC(C)(N)CC[N+](C)(C)C1CCCCC1.Cl.[Cl-]. The van der Waals surface area contributed by atoms with Crippen LogP contribution in [0.3, 0.4) is 0 Å². The van der Waals surface area contributed by atoms with E-state index in [0.717, 1.165) is 12.5 Å². The Labute approximate surface area is 120 Å². The molecule has 0 radical (unpaired) electrons. The first-order valence-corrected chi connectivity index (χ1v) is 6.43. The third kappa shape index (κ3) is 7.50. The maximum Gasteiger partial charge on any atom is 0.0886 e. The number of hydrogen-bond donors (Lipinski definition) is 1. The Hall–Kier alpha value is 0.500. The summed E-state index contributed by atoms with van der Waals surface area (Å²) in [6.07, 6.45) is 8.25. The van der Waals surface area contributed by atoms with Gasteiger partial charge in [0.25, 0.3) is 0 Å². The molecule has 0 aromatic carbocycles. The van der Waals surface area contributed by atoms with Crippen molar-refractivity contribution >= 4 is 12.4 Å². The van der Waals surface area contributed by atoms with Crippen molar-refractivity contribution in [1.29, 1.82) is 0 Å². The van der Waals surface area contributed by atoms with Gasteiger partial charge in [-0.3, -0.25) is 0 Å². The van der Waals surface area contributed by atoms with E-state index in [4.69, 9.17) is 5.73 Å². The molecule has 1 fully saturated rings. The Morgan fingerprint density at radius 2 is 1.59 bits per heavy atom. The second kappa shape index (κ2) is 7.83. The Kier molecular flexibility index (Phi) is 9.13. The smallest absolute Gasteiger partial charge is 0.0886 e. The minimum absolute atomic E-state index is 0. The van der Waals surface area contributed by atoms with E-state index < -0.39 is 0 Å². The predicted octanol–water partition coefficient (Wildman–Crippen LogP) is -0.0513. The highest BCUT2D eigenvalue weighted by Gasteiger charge is 2.30. The first-order chi connectivity index (χ1) is 6.81. The van der Waals surface area contributed by atoms with Crippen LogP contribution in [0.25, 0.3) is 0 Å². The lowest BCUT2D eigenvalue weighted by molar-refractivity contribution is -0.916. The number of rotatable bonds is 4. The van der Waals surface area contributed by atoms with Crippen LogP contribution in [0.5, 0.6) is 0 Å². The first kappa shape index (κ1) is 19.8. The number of halogens is 2. The quantitative estimate of drug-likeness (QED) is 0.720. The van der Waals surface area contributed by atoms with Crippen LogP contribution in [0.4, 0.5) is 0 Å². The van der Waals surface area contributed by atoms with E-state index >= 15 is 0 Å². The van der Waals surface area contributed by atoms with Gasteiger partial charge in [-0.2, -0.15) is 0 Å². The second-order valence-corrected chi connectivity index (χ2v) is 6.53. The molecule has 0 heterocycles. The lowest BCUT2D eigenvalue weighted by atomic mass is 9.92. The number of nitrogens with two attached hydrogens (primary N) is 1. The van der Waals surface area contributed by atoms with Gasteiger partial charge in [0.05, 0.1) is 26.7 Å². The fourth-order valence-electron chi connectivity index (χ4n) is 2.54. The summed E-state index contributed by atoms with van der Waals surface area (Å²) in [6, 6.07) is 0.876. The number of hydrogen-bond acceptors (Lipinski definition) is 1. The largest absolute Gasteiger partial charge is 1.00 e. The van der Waals surface area contributed by atoms with Crippen molar-refractivity contribution in [2.24, 2.45) is 5.73 Å². The van der Waals surface area contributed by atoms with Crippen molar-refractivity contribution in [3.05, 3.63) is 0 Å². The molecule has 0 atom stereocenters. The summed E-state index contributed by atoms with van der Waals surface area (Å²) in [5.74, 6) is 0. The molecule has 0 aliphatic heterocycles. The fraction of sp³-hybridized carbons (Fsp3) is 1.00. The molecule has 2 nitrogen and oxygen atoms in total. The van der Waals surface area contributed by atoms with Gasteiger partial charge in [-0.25, -0.2) is 0 Å². The van der Waals surface area contributed by atoms with Gasteiger partial charge in [-0.15, -0.1) is 12.4 Å². The van der Waals surface area contributed by atoms with Crippen molar-refractivity contribution in [2.75, 3.05) is 20.6 Å². The third-order valence-corrected chi connectivity index (χ3v) is 3.90. The molecule has 1 saturated carbocycles. The van der Waals surface area contributed by atoms with Crippen LogP contribution in [0, 0.1) is 0 Å². The zero-order chi connectivity index (χ0) is 11.5. The number of quaternary nitrogens is 1. The van der Waals surface area contributed by atoms with Crippen LogP contribution in [0.15, 0.2) is 0 Å². The van der Waals surface area contributed by atoms with Crippen LogP contribution < -0.4 is 18.1 Å². The maximum atomic E-state index is 6.06. The Bertz CT molecular complexity index is 194. The van der Waals surface area contributed by atoms with Gasteiger partial charge < -0.3 is 22.6 Å². The normalized spacial score (nSPS) is 18.2. The van der Waals surface area contributed by atoms with Gasteiger partial charge in [0.1, 0.15) is 0 Å². The molecule has 17 heavy (non-hydrogen) atoms. The molecule has 0 amide bonds. The molecule has 1 rings (SSSR count). The summed E-state index contributed by atoms with van der Waals surface area (Å²) in [5.41, 5.74) is 6.05. The van der Waals surface area contributed by atoms with E-state index in [9.17, 15) is 0 Å². The van der Waals surface area contributed by atoms with E-state index in [-0.39, 0.29) is 30.4 Å². The highest BCUT2D eigenvalue weighted by Crippen LogP contribution is 2.26. The molecule has 1 aliphatic rings. The molecule has 0 spiro atoms. The van der Waals surface area contributed by atoms with Crippen molar-refractivity contribution in [2.45, 2.75) is 64.0 Å². The monoisotopic (exact) mass is 284 g/mol. The molecule has 2 N–H and O–H groups in total. The van der Waals surface area contributed by atoms with Crippen LogP contribution in [-0.4, -0.2) is 36.7 Å². The van der Waals surface area contributed by atoms with Gasteiger partial charge in [0.15, 0.2) is 0 Å². The molecule has 106 valence electrons. The molecule has 0 unspecified atom stereocenters.